The maximum atomic E-state index is 12.6. The summed E-state index contributed by atoms with van der Waals surface area (Å²) in [6, 6.07) is 7.47. The van der Waals surface area contributed by atoms with E-state index < -0.39 is 10.0 Å². The van der Waals surface area contributed by atoms with Crippen LogP contribution in [0.15, 0.2) is 29.2 Å². The molecule has 118 valence electrons. The van der Waals surface area contributed by atoms with Gasteiger partial charge in [-0.15, -0.1) is 0 Å². The third-order valence-electron chi connectivity index (χ3n) is 4.04. The second-order valence-corrected chi connectivity index (χ2v) is 7.64. The van der Waals surface area contributed by atoms with E-state index in [1.165, 1.54) is 5.56 Å². The normalized spacial score (nSPS) is 20.0. The van der Waals surface area contributed by atoms with Gasteiger partial charge < -0.3 is 5.32 Å². The first-order valence-corrected chi connectivity index (χ1v) is 9.31. The summed E-state index contributed by atoms with van der Waals surface area (Å²) in [5, 5.41) is 3.35. The summed E-state index contributed by atoms with van der Waals surface area (Å²) in [5.74, 6) is 0. The first-order chi connectivity index (χ1) is 10.1. The number of hydrogen-bond donors (Lipinski definition) is 1. The van der Waals surface area contributed by atoms with E-state index in [2.05, 4.69) is 12.2 Å². The summed E-state index contributed by atoms with van der Waals surface area (Å²) in [7, 11) is -3.32. The highest BCUT2D eigenvalue weighted by atomic mass is 32.2. The summed E-state index contributed by atoms with van der Waals surface area (Å²) in [6.45, 7) is 6.74. The van der Waals surface area contributed by atoms with Gasteiger partial charge in [0.05, 0.1) is 4.90 Å². The summed E-state index contributed by atoms with van der Waals surface area (Å²) < 4.78 is 26.8. The fraction of sp³-hybridized carbons (Fsp3) is 0.625. The van der Waals surface area contributed by atoms with Gasteiger partial charge in [0.1, 0.15) is 0 Å². The van der Waals surface area contributed by atoms with Gasteiger partial charge in [0.15, 0.2) is 0 Å². The lowest BCUT2D eigenvalue weighted by atomic mass is 10.1. The van der Waals surface area contributed by atoms with Gasteiger partial charge in [-0.3, -0.25) is 0 Å². The molecule has 0 amide bonds. The number of nitrogens with zero attached hydrogens (tertiary/aromatic N) is 1. The van der Waals surface area contributed by atoms with Crippen molar-refractivity contribution in [2.24, 2.45) is 0 Å². The van der Waals surface area contributed by atoms with Crippen LogP contribution in [0.1, 0.15) is 38.7 Å². The Hall–Kier alpha value is -0.910. The van der Waals surface area contributed by atoms with Gasteiger partial charge in [0.25, 0.3) is 0 Å². The van der Waals surface area contributed by atoms with E-state index in [0.717, 1.165) is 38.8 Å². The smallest absolute Gasteiger partial charge is 0.243 e. The zero-order chi connectivity index (χ0) is 15.3. The molecular formula is C16H26N2O2S. The van der Waals surface area contributed by atoms with Crippen LogP contribution in [0, 0.1) is 0 Å². The monoisotopic (exact) mass is 310 g/mol. The highest BCUT2D eigenvalue weighted by molar-refractivity contribution is 7.89. The van der Waals surface area contributed by atoms with Crippen molar-refractivity contribution in [3.8, 4) is 0 Å². The van der Waals surface area contributed by atoms with Crippen LogP contribution in [-0.2, 0) is 16.4 Å². The van der Waals surface area contributed by atoms with Gasteiger partial charge in [0, 0.05) is 12.6 Å². The lowest BCUT2D eigenvalue weighted by Gasteiger charge is -2.21. The predicted octanol–water partition coefficient (Wildman–Crippen LogP) is 2.40. The van der Waals surface area contributed by atoms with Gasteiger partial charge >= 0.3 is 0 Å². The highest BCUT2D eigenvalue weighted by Crippen LogP contribution is 2.25. The molecule has 1 fully saturated rings. The van der Waals surface area contributed by atoms with Crippen molar-refractivity contribution in [1.82, 2.24) is 9.62 Å². The molecule has 1 aliphatic heterocycles. The Morgan fingerprint density at radius 3 is 2.52 bits per heavy atom. The SMILES string of the molecule is CCCNCCc1ccc(S(=O)(=O)N2CCCC2C)cc1. The van der Waals surface area contributed by atoms with Crippen LogP contribution in [0.5, 0.6) is 0 Å². The molecule has 1 saturated heterocycles. The largest absolute Gasteiger partial charge is 0.316 e. The van der Waals surface area contributed by atoms with Crippen LogP contribution in [0.3, 0.4) is 0 Å². The minimum atomic E-state index is -3.32. The summed E-state index contributed by atoms with van der Waals surface area (Å²) in [4.78, 5) is 0.418. The average molecular weight is 310 g/mol. The number of rotatable bonds is 7. The average Bonchev–Trinajstić information content (AvgIpc) is 2.91. The Morgan fingerprint density at radius 2 is 1.95 bits per heavy atom. The molecule has 0 bridgehead atoms. The Balaban J connectivity index is 2.01. The van der Waals surface area contributed by atoms with Crippen LogP contribution in [0.4, 0.5) is 0 Å². The minimum Gasteiger partial charge on any atom is -0.316 e. The van der Waals surface area contributed by atoms with E-state index in [1.807, 2.05) is 19.1 Å². The van der Waals surface area contributed by atoms with Gasteiger partial charge in [0.2, 0.25) is 10.0 Å². The molecule has 0 aliphatic carbocycles. The standard InChI is InChI=1S/C16H26N2O2S/c1-3-11-17-12-10-15-6-8-16(9-7-15)21(19,20)18-13-4-5-14(18)2/h6-9,14,17H,3-5,10-13H2,1-2H3. The van der Waals surface area contributed by atoms with Crippen molar-refractivity contribution in [2.45, 2.75) is 50.5 Å². The Bertz CT molecular complexity index is 540. The molecule has 1 heterocycles. The predicted molar refractivity (Wildman–Crippen MR) is 85.9 cm³/mol. The van der Waals surface area contributed by atoms with Crippen molar-refractivity contribution >= 4 is 10.0 Å². The molecule has 0 spiro atoms. The van der Waals surface area contributed by atoms with Crippen LogP contribution in [0.2, 0.25) is 0 Å². The molecule has 1 aromatic rings. The number of sulfonamides is 1. The summed E-state index contributed by atoms with van der Waals surface area (Å²) in [5.41, 5.74) is 1.17. The Morgan fingerprint density at radius 1 is 1.24 bits per heavy atom. The molecule has 1 aromatic carbocycles. The Kier molecular flexibility index (Phi) is 5.79. The molecule has 1 N–H and O–H groups in total. The first-order valence-electron chi connectivity index (χ1n) is 7.87. The van der Waals surface area contributed by atoms with E-state index in [1.54, 1.807) is 16.4 Å². The highest BCUT2D eigenvalue weighted by Gasteiger charge is 2.32. The fourth-order valence-corrected chi connectivity index (χ4v) is 4.46. The molecule has 1 unspecified atom stereocenters. The number of hydrogen-bond acceptors (Lipinski definition) is 3. The van der Waals surface area contributed by atoms with E-state index in [4.69, 9.17) is 0 Å². The molecular weight excluding hydrogens is 284 g/mol. The second kappa shape index (κ2) is 7.38. The van der Waals surface area contributed by atoms with Crippen LogP contribution < -0.4 is 5.32 Å². The topological polar surface area (TPSA) is 49.4 Å². The third-order valence-corrected chi connectivity index (χ3v) is 6.07. The summed E-state index contributed by atoms with van der Waals surface area (Å²) in [6.07, 6.45) is 3.98. The van der Waals surface area contributed by atoms with Crippen molar-refractivity contribution in [2.75, 3.05) is 19.6 Å². The van der Waals surface area contributed by atoms with E-state index >= 15 is 0 Å². The number of benzene rings is 1. The fourth-order valence-electron chi connectivity index (χ4n) is 2.76. The number of nitrogens with one attached hydrogen (secondary N) is 1. The molecule has 1 atom stereocenters. The van der Waals surface area contributed by atoms with Crippen molar-refractivity contribution in [3.63, 3.8) is 0 Å². The third kappa shape index (κ3) is 4.05. The van der Waals surface area contributed by atoms with Gasteiger partial charge in [-0.1, -0.05) is 19.1 Å². The van der Waals surface area contributed by atoms with Gasteiger partial charge in [-0.25, -0.2) is 8.42 Å². The lowest BCUT2D eigenvalue weighted by molar-refractivity contribution is 0.408. The Labute approximate surface area is 128 Å². The van der Waals surface area contributed by atoms with Crippen LogP contribution in [-0.4, -0.2) is 38.4 Å². The molecule has 0 saturated carbocycles. The maximum Gasteiger partial charge on any atom is 0.243 e. The maximum absolute atomic E-state index is 12.6. The van der Waals surface area contributed by atoms with Crippen LogP contribution in [0.25, 0.3) is 0 Å². The van der Waals surface area contributed by atoms with Crippen molar-refractivity contribution in [1.29, 1.82) is 0 Å². The van der Waals surface area contributed by atoms with Crippen molar-refractivity contribution < 1.29 is 8.42 Å². The van der Waals surface area contributed by atoms with E-state index in [9.17, 15) is 8.42 Å². The molecule has 0 radical (unpaired) electrons. The van der Waals surface area contributed by atoms with Gasteiger partial charge in [-0.05, 0) is 63.4 Å². The minimum absolute atomic E-state index is 0.118. The zero-order valence-electron chi connectivity index (χ0n) is 13.0. The van der Waals surface area contributed by atoms with E-state index in [-0.39, 0.29) is 6.04 Å². The second-order valence-electron chi connectivity index (χ2n) is 5.75. The summed E-state index contributed by atoms with van der Waals surface area (Å²) >= 11 is 0. The van der Waals surface area contributed by atoms with Gasteiger partial charge in [-0.2, -0.15) is 4.31 Å². The molecule has 5 heteroatoms. The molecule has 4 nitrogen and oxygen atoms in total. The lowest BCUT2D eigenvalue weighted by Crippen LogP contribution is -2.33. The quantitative estimate of drug-likeness (QED) is 0.787. The molecule has 0 aromatic heterocycles. The first kappa shape index (κ1) is 16.5. The van der Waals surface area contributed by atoms with E-state index in [0.29, 0.717) is 11.4 Å². The van der Waals surface area contributed by atoms with Crippen LogP contribution >= 0.6 is 0 Å². The molecule has 1 aliphatic rings. The molecule has 21 heavy (non-hydrogen) atoms. The van der Waals surface area contributed by atoms with Crippen molar-refractivity contribution in [3.05, 3.63) is 29.8 Å². The molecule has 2 rings (SSSR count). The zero-order valence-corrected chi connectivity index (χ0v) is 13.8.